The standard InChI is InChI=1S/C23H25N3O2S/c1-25(18-11-6-8-15-7-2-3-9-16(15)18)20(27)13-26-14-24-22-21(23(26)28)17-10-4-5-12-19(17)29-22/h2-3,7,9,14,18H,4-6,8,10-13H2,1H3. The fraction of sp³-hybridized carbons (Fsp3) is 0.435. The third-order valence-corrected chi connectivity index (χ3v) is 7.65. The van der Waals surface area contributed by atoms with E-state index in [2.05, 4.69) is 23.2 Å². The molecule has 2 heterocycles. The number of likely N-dealkylation sites (N-methyl/N-ethyl adjacent to an activating group) is 1. The van der Waals surface area contributed by atoms with Gasteiger partial charge in [-0.25, -0.2) is 4.98 Å². The van der Waals surface area contributed by atoms with E-state index in [1.54, 1.807) is 17.7 Å². The Morgan fingerprint density at radius 3 is 2.93 bits per heavy atom. The van der Waals surface area contributed by atoms with Crippen molar-refractivity contribution < 1.29 is 4.79 Å². The summed E-state index contributed by atoms with van der Waals surface area (Å²) in [6.07, 6.45) is 8.94. The molecule has 150 valence electrons. The summed E-state index contributed by atoms with van der Waals surface area (Å²) in [5.41, 5.74) is 3.67. The van der Waals surface area contributed by atoms with Gasteiger partial charge in [0.05, 0.1) is 17.8 Å². The Hall–Kier alpha value is -2.47. The maximum absolute atomic E-state index is 13.2. The average Bonchev–Trinajstić information content (AvgIpc) is 3.14. The fourth-order valence-electron chi connectivity index (χ4n) is 4.86. The summed E-state index contributed by atoms with van der Waals surface area (Å²) < 4.78 is 1.50. The molecule has 2 aliphatic rings. The first kappa shape index (κ1) is 18.6. The molecule has 0 fully saturated rings. The Labute approximate surface area is 174 Å². The molecule has 0 spiro atoms. The van der Waals surface area contributed by atoms with E-state index in [4.69, 9.17) is 0 Å². The Morgan fingerprint density at radius 2 is 2.03 bits per heavy atom. The lowest BCUT2D eigenvalue weighted by Crippen LogP contribution is -2.37. The van der Waals surface area contributed by atoms with E-state index in [-0.39, 0.29) is 24.1 Å². The molecule has 1 aromatic carbocycles. The van der Waals surface area contributed by atoms with E-state index in [1.807, 2.05) is 18.0 Å². The molecule has 2 aliphatic carbocycles. The number of aryl methyl sites for hydroxylation is 3. The highest BCUT2D eigenvalue weighted by atomic mass is 32.1. The van der Waals surface area contributed by atoms with Crippen LogP contribution in [0.2, 0.25) is 0 Å². The smallest absolute Gasteiger partial charge is 0.262 e. The molecule has 0 aliphatic heterocycles. The van der Waals surface area contributed by atoms with Gasteiger partial charge >= 0.3 is 0 Å². The van der Waals surface area contributed by atoms with Crippen LogP contribution >= 0.6 is 11.3 Å². The molecule has 2 aromatic heterocycles. The van der Waals surface area contributed by atoms with Crippen LogP contribution in [0.5, 0.6) is 0 Å². The number of hydrogen-bond acceptors (Lipinski definition) is 4. The molecule has 1 atom stereocenters. The van der Waals surface area contributed by atoms with Crippen LogP contribution in [0.15, 0.2) is 35.4 Å². The number of amides is 1. The molecule has 1 unspecified atom stereocenters. The minimum atomic E-state index is -0.0693. The monoisotopic (exact) mass is 407 g/mol. The van der Waals surface area contributed by atoms with Crippen molar-refractivity contribution in [3.63, 3.8) is 0 Å². The van der Waals surface area contributed by atoms with E-state index in [0.29, 0.717) is 0 Å². The van der Waals surface area contributed by atoms with Gasteiger partial charge in [0.1, 0.15) is 11.4 Å². The molecular formula is C23H25N3O2S. The number of nitrogens with zero attached hydrogens (tertiary/aromatic N) is 3. The first-order valence-corrected chi connectivity index (χ1v) is 11.3. The Balaban J connectivity index is 1.43. The minimum absolute atomic E-state index is 0.0425. The topological polar surface area (TPSA) is 55.2 Å². The van der Waals surface area contributed by atoms with Crippen molar-refractivity contribution in [3.05, 3.63) is 62.5 Å². The zero-order valence-corrected chi connectivity index (χ0v) is 17.5. The van der Waals surface area contributed by atoms with Crippen LogP contribution in [0.25, 0.3) is 10.2 Å². The van der Waals surface area contributed by atoms with Crippen LogP contribution < -0.4 is 5.56 Å². The zero-order valence-electron chi connectivity index (χ0n) is 16.7. The normalized spacial score (nSPS) is 18.3. The van der Waals surface area contributed by atoms with E-state index < -0.39 is 0 Å². The quantitative estimate of drug-likeness (QED) is 0.662. The molecule has 0 radical (unpaired) electrons. The van der Waals surface area contributed by atoms with Crippen molar-refractivity contribution in [2.75, 3.05) is 7.05 Å². The summed E-state index contributed by atoms with van der Waals surface area (Å²) in [4.78, 5) is 34.7. The first-order chi connectivity index (χ1) is 14.1. The van der Waals surface area contributed by atoms with Crippen LogP contribution in [0.3, 0.4) is 0 Å². The van der Waals surface area contributed by atoms with Crippen LogP contribution in [-0.4, -0.2) is 27.4 Å². The van der Waals surface area contributed by atoms with Crippen molar-refractivity contribution in [2.24, 2.45) is 0 Å². The average molecular weight is 408 g/mol. The highest BCUT2D eigenvalue weighted by Gasteiger charge is 2.27. The van der Waals surface area contributed by atoms with Crippen molar-refractivity contribution in [3.8, 4) is 0 Å². The molecule has 0 bridgehead atoms. The van der Waals surface area contributed by atoms with E-state index in [9.17, 15) is 9.59 Å². The number of benzene rings is 1. The summed E-state index contributed by atoms with van der Waals surface area (Å²) in [7, 11) is 1.86. The van der Waals surface area contributed by atoms with Crippen LogP contribution in [0.4, 0.5) is 0 Å². The predicted molar refractivity (Wildman–Crippen MR) is 115 cm³/mol. The van der Waals surface area contributed by atoms with Gasteiger partial charge in [-0.1, -0.05) is 24.3 Å². The maximum Gasteiger partial charge on any atom is 0.262 e. The van der Waals surface area contributed by atoms with Gasteiger partial charge in [0.25, 0.3) is 5.56 Å². The van der Waals surface area contributed by atoms with Gasteiger partial charge in [-0.15, -0.1) is 11.3 Å². The van der Waals surface area contributed by atoms with Crippen molar-refractivity contribution in [2.45, 2.75) is 57.5 Å². The Kier molecular flexibility index (Phi) is 4.74. The van der Waals surface area contributed by atoms with Gasteiger partial charge in [0.15, 0.2) is 0 Å². The summed E-state index contributed by atoms with van der Waals surface area (Å²) >= 11 is 1.64. The fourth-order valence-corrected chi connectivity index (χ4v) is 6.07. The maximum atomic E-state index is 13.2. The van der Waals surface area contributed by atoms with E-state index in [1.165, 1.54) is 32.6 Å². The Morgan fingerprint density at radius 1 is 1.21 bits per heavy atom. The van der Waals surface area contributed by atoms with Gasteiger partial charge < -0.3 is 4.90 Å². The van der Waals surface area contributed by atoms with Crippen molar-refractivity contribution in [1.29, 1.82) is 0 Å². The van der Waals surface area contributed by atoms with Gasteiger partial charge in [-0.2, -0.15) is 0 Å². The second-order valence-electron chi connectivity index (χ2n) is 8.18. The third kappa shape index (κ3) is 3.19. The summed E-state index contributed by atoms with van der Waals surface area (Å²) in [6.45, 7) is 0.0432. The molecule has 0 saturated heterocycles. The summed E-state index contributed by atoms with van der Waals surface area (Å²) in [5, 5.41) is 0.741. The summed E-state index contributed by atoms with van der Waals surface area (Å²) in [6, 6.07) is 8.46. The minimum Gasteiger partial charge on any atom is -0.337 e. The lowest BCUT2D eigenvalue weighted by atomic mass is 9.87. The molecule has 0 N–H and O–H groups in total. The van der Waals surface area contributed by atoms with Crippen molar-refractivity contribution >= 4 is 27.5 Å². The second kappa shape index (κ2) is 7.41. The number of hydrogen-bond donors (Lipinski definition) is 0. The molecule has 29 heavy (non-hydrogen) atoms. The van der Waals surface area contributed by atoms with Gasteiger partial charge in [0.2, 0.25) is 5.91 Å². The van der Waals surface area contributed by atoms with Crippen molar-refractivity contribution in [1.82, 2.24) is 14.5 Å². The second-order valence-corrected chi connectivity index (χ2v) is 9.26. The molecule has 5 nitrogen and oxygen atoms in total. The van der Waals surface area contributed by atoms with Crippen LogP contribution in [-0.2, 0) is 30.6 Å². The predicted octanol–water partition coefficient (Wildman–Crippen LogP) is 3.87. The number of thiophene rings is 1. The molecule has 3 aromatic rings. The summed E-state index contributed by atoms with van der Waals surface area (Å²) in [5.74, 6) is -0.0425. The third-order valence-electron chi connectivity index (χ3n) is 6.45. The highest BCUT2D eigenvalue weighted by molar-refractivity contribution is 7.18. The molecule has 1 amide bonds. The van der Waals surface area contributed by atoms with Gasteiger partial charge in [-0.05, 0) is 61.6 Å². The van der Waals surface area contributed by atoms with Crippen LogP contribution in [0.1, 0.15) is 53.3 Å². The van der Waals surface area contributed by atoms with Crippen LogP contribution in [0, 0.1) is 0 Å². The number of carbonyl (C=O) groups is 1. The van der Waals surface area contributed by atoms with E-state index >= 15 is 0 Å². The largest absolute Gasteiger partial charge is 0.337 e. The SMILES string of the molecule is CN(C(=O)Cn1cnc2sc3c(c2c1=O)CCCC3)C1CCCc2ccccc21. The number of rotatable bonds is 3. The van der Waals surface area contributed by atoms with E-state index in [0.717, 1.165) is 48.7 Å². The highest BCUT2D eigenvalue weighted by Crippen LogP contribution is 2.34. The number of fused-ring (bicyclic) bond motifs is 4. The Bertz CT molecular complexity index is 1150. The zero-order chi connectivity index (χ0) is 20.0. The van der Waals surface area contributed by atoms with Gasteiger partial charge in [-0.3, -0.25) is 14.2 Å². The molecule has 6 heteroatoms. The molecule has 0 saturated carbocycles. The lowest BCUT2D eigenvalue weighted by Gasteiger charge is -2.33. The molecule has 5 rings (SSSR count). The first-order valence-electron chi connectivity index (χ1n) is 10.5. The lowest BCUT2D eigenvalue weighted by molar-refractivity contribution is -0.133. The number of carbonyl (C=O) groups excluding carboxylic acids is 1. The number of aromatic nitrogens is 2. The van der Waals surface area contributed by atoms with Gasteiger partial charge in [0, 0.05) is 11.9 Å². The molecular weight excluding hydrogens is 382 g/mol.